The van der Waals surface area contributed by atoms with Crippen molar-refractivity contribution in [1.82, 2.24) is 25.1 Å². The van der Waals surface area contributed by atoms with Gasteiger partial charge < -0.3 is 30.3 Å². The van der Waals surface area contributed by atoms with Crippen LogP contribution in [-0.2, 0) is 10.2 Å². The first-order valence-electron chi connectivity index (χ1n) is 13.4. The third-order valence-corrected chi connectivity index (χ3v) is 7.18. The van der Waals surface area contributed by atoms with Gasteiger partial charge in [0.1, 0.15) is 23.8 Å². The molecule has 2 rings (SSSR count). The molecule has 3 N–H and O–H groups in total. The molecule has 1 aliphatic rings. The molecule has 3 amide bonds. The van der Waals surface area contributed by atoms with Crippen molar-refractivity contribution in [3.05, 3.63) is 17.6 Å². The number of aromatic nitrogens is 2. The molecule has 15 heteroatoms. The summed E-state index contributed by atoms with van der Waals surface area (Å²) in [6.45, 7) is 10.6. The monoisotopic (exact) mass is 654 g/mol. The van der Waals surface area contributed by atoms with Crippen LogP contribution in [0.4, 0.5) is 15.4 Å². The van der Waals surface area contributed by atoms with Crippen molar-refractivity contribution >= 4 is 70.5 Å². The lowest BCUT2D eigenvalue weighted by atomic mass is 9.95. The van der Waals surface area contributed by atoms with Crippen molar-refractivity contribution in [2.75, 3.05) is 50.1 Å². The molecule has 0 radical (unpaired) electrons. The van der Waals surface area contributed by atoms with Gasteiger partial charge in [0.15, 0.2) is 0 Å². The van der Waals surface area contributed by atoms with Crippen LogP contribution in [0.15, 0.2) is 6.20 Å². The smallest absolute Gasteiger partial charge is 0.407 e. The van der Waals surface area contributed by atoms with E-state index in [0.29, 0.717) is 36.7 Å². The van der Waals surface area contributed by atoms with E-state index in [9.17, 15) is 19.5 Å². The molecule has 0 unspecified atom stereocenters. The van der Waals surface area contributed by atoms with Crippen LogP contribution in [0.1, 0.15) is 63.6 Å². The van der Waals surface area contributed by atoms with Gasteiger partial charge >= 0.3 is 12.2 Å². The Balaban J connectivity index is 2.39. The number of hydrogen-bond acceptors (Lipinski definition) is 8. The van der Waals surface area contributed by atoms with Gasteiger partial charge in [-0.15, -0.1) is 0 Å². The molecule has 1 aliphatic heterocycles. The molecular weight excluding hydrogens is 615 g/mol. The second-order valence-electron chi connectivity index (χ2n) is 11.4. The topological polar surface area (TPSA) is 137 Å². The minimum Gasteiger partial charge on any atom is -0.465 e. The number of ether oxygens (including phenoxy) is 1. The zero-order valence-corrected chi connectivity index (χ0v) is 27.5. The van der Waals surface area contributed by atoms with E-state index in [0.717, 1.165) is 12.2 Å². The summed E-state index contributed by atoms with van der Waals surface area (Å²) < 4.78 is 3.19. The van der Waals surface area contributed by atoms with Crippen LogP contribution in [-0.4, -0.2) is 104 Å². The largest absolute Gasteiger partial charge is 0.465 e. The second kappa shape index (κ2) is 15.5. The normalized spacial score (nSPS) is 17.8. The molecular formula is C26H41Cl3N6O5S. The molecule has 2 heterocycles. The lowest BCUT2D eigenvalue weighted by molar-refractivity contribution is 0.0445. The Hall–Kier alpha value is -1.89. The number of halogens is 3. The van der Waals surface area contributed by atoms with Crippen LogP contribution in [0.2, 0.25) is 0 Å². The number of amides is 3. The van der Waals surface area contributed by atoms with Crippen molar-refractivity contribution in [3.8, 4) is 0 Å². The number of piperidine rings is 1. The molecule has 1 fully saturated rings. The number of carbonyl (C=O) groups excluding carboxylic acids is 2. The average molecular weight is 656 g/mol. The van der Waals surface area contributed by atoms with Crippen molar-refractivity contribution in [2.45, 2.75) is 68.8 Å². The van der Waals surface area contributed by atoms with Crippen LogP contribution in [0.3, 0.4) is 0 Å². The van der Waals surface area contributed by atoms with E-state index < -0.39 is 34.7 Å². The summed E-state index contributed by atoms with van der Waals surface area (Å²) in [5.41, 5.74) is -0.0223. The van der Waals surface area contributed by atoms with Crippen molar-refractivity contribution < 1.29 is 24.2 Å². The molecule has 1 saturated heterocycles. The molecule has 1 aromatic rings. The van der Waals surface area contributed by atoms with Crippen LogP contribution in [0, 0.1) is 5.92 Å². The first-order valence-corrected chi connectivity index (χ1v) is 15.9. The number of likely N-dealkylation sites (tertiary alicyclic amines) is 1. The Morgan fingerprint density at radius 2 is 1.93 bits per heavy atom. The fraction of sp³-hybridized carbons (Fsp3) is 0.731. The summed E-state index contributed by atoms with van der Waals surface area (Å²) in [6.07, 6.45) is 2.75. The Kier molecular flexibility index (Phi) is 13.4. The van der Waals surface area contributed by atoms with Gasteiger partial charge in [-0.1, -0.05) is 69.4 Å². The third kappa shape index (κ3) is 11.7. The minimum absolute atomic E-state index is 0.0179. The number of rotatable bonds is 11. The van der Waals surface area contributed by atoms with E-state index in [1.165, 1.54) is 4.90 Å². The molecule has 2 atom stereocenters. The SMILES string of the molecule is CSCCCNc1nc(C(C)(C)C)ncc1C(=O)N(CC(C)C)[C@H]1C[C@@H](NC(=O)OCC(Cl)(Cl)Cl)CN(C(=O)O)C1. The molecule has 11 nitrogen and oxygen atoms in total. The fourth-order valence-electron chi connectivity index (χ4n) is 4.32. The summed E-state index contributed by atoms with van der Waals surface area (Å²) in [5, 5.41) is 15.8. The van der Waals surface area contributed by atoms with E-state index in [1.54, 1.807) is 22.9 Å². The third-order valence-electron chi connectivity index (χ3n) is 6.16. The van der Waals surface area contributed by atoms with Gasteiger partial charge in [-0.2, -0.15) is 11.8 Å². The first kappa shape index (κ1) is 35.3. The second-order valence-corrected chi connectivity index (χ2v) is 14.9. The Morgan fingerprint density at radius 1 is 1.24 bits per heavy atom. The highest BCUT2D eigenvalue weighted by atomic mass is 35.6. The number of hydrogen-bond donors (Lipinski definition) is 3. The highest BCUT2D eigenvalue weighted by Crippen LogP contribution is 2.27. The molecule has 1 aromatic heterocycles. The van der Waals surface area contributed by atoms with Crippen molar-refractivity contribution in [1.29, 1.82) is 0 Å². The maximum atomic E-state index is 14.1. The number of nitrogens with zero attached hydrogens (tertiary/aromatic N) is 4. The Morgan fingerprint density at radius 3 is 2.49 bits per heavy atom. The van der Waals surface area contributed by atoms with E-state index >= 15 is 0 Å². The predicted molar refractivity (Wildman–Crippen MR) is 165 cm³/mol. The number of alkyl carbamates (subject to hydrolysis) is 1. The quantitative estimate of drug-likeness (QED) is 0.216. The molecule has 0 aliphatic carbocycles. The summed E-state index contributed by atoms with van der Waals surface area (Å²) in [7, 11) is 0. The van der Waals surface area contributed by atoms with Gasteiger partial charge in [0.05, 0.1) is 12.1 Å². The predicted octanol–water partition coefficient (Wildman–Crippen LogP) is 5.25. The summed E-state index contributed by atoms with van der Waals surface area (Å²) in [4.78, 5) is 50.6. The number of carboxylic acid groups (broad SMARTS) is 1. The van der Waals surface area contributed by atoms with E-state index in [1.807, 2.05) is 40.9 Å². The Bertz CT molecular complexity index is 1050. The molecule has 0 aromatic carbocycles. The zero-order chi connectivity index (χ0) is 31.0. The highest BCUT2D eigenvalue weighted by molar-refractivity contribution is 7.98. The van der Waals surface area contributed by atoms with Crippen LogP contribution in [0.5, 0.6) is 0 Å². The molecule has 232 valence electrons. The lowest BCUT2D eigenvalue weighted by Crippen LogP contribution is -2.59. The standard InChI is InChI=1S/C26H41Cl3N6O5S/c1-16(2)12-35(18-10-17(13-34(14-18)24(38)39)32-23(37)40-15-26(27,28)29)21(36)19-11-31-22(25(3,4)5)33-20(19)30-8-7-9-41-6/h11,16-18H,7-10,12-15H2,1-6H3,(H,32,37)(H,38,39)(H,30,31,33)/t17-,18+/m1/s1. The van der Waals surface area contributed by atoms with Crippen LogP contribution >= 0.6 is 46.6 Å². The molecule has 0 saturated carbocycles. The van der Waals surface area contributed by atoms with Gasteiger partial charge in [0.2, 0.25) is 3.79 Å². The van der Waals surface area contributed by atoms with Gasteiger partial charge in [0, 0.05) is 37.8 Å². The molecule has 0 bridgehead atoms. The van der Waals surface area contributed by atoms with E-state index in [-0.39, 0.29) is 30.3 Å². The number of carbonyl (C=O) groups is 3. The lowest BCUT2D eigenvalue weighted by Gasteiger charge is -2.42. The van der Waals surface area contributed by atoms with Gasteiger partial charge in [-0.3, -0.25) is 4.79 Å². The van der Waals surface area contributed by atoms with Gasteiger partial charge in [-0.25, -0.2) is 19.6 Å². The van der Waals surface area contributed by atoms with Gasteiger partial charge in [-0.05, 0) is 30.8 Å². The number of nitrogens with one attached hydrogen (secondary N) is 2. The Labute approximate surface area is 261 Å². The zero-order valence-electron chi connectivity index (χ0n) is 24.4. The summed E-state index contributed by atoms with van der Waals surface area (Å²) in [5.74, 6) is 1.76. The van der Waals surface area contributed by atoms with Crippen molar-refractivity contribution in [2.24, 2.45) is 5.92 Å². The average Bonchev–Trinajstić information content (AvgIpc) is 2.87. The van der Waals surface area contributed by atoms with Crippen molar-refractivity contribution in [3.63, 3.8) is 0 Å². The maximum absolute atomic E-state index is 14.1. The number of alkyl halides is 3. The van der Waals surface area contributed by atoms with E-state index in [4.69, 9.17) is 44.5 Å². The first-order chi connectivity index (χ1) is 19.0. The number of anilines is 1. The maximum Gasteiger partial charge on any atom is 0.407 e. The molecule has 41 heavy (non-hydrogen) atoms. The van der Waals surface area contributed by atoms with Gasteiger partial charge in [0.25, 0.3) is 5.91 Å². The number of thioether (sulfide) groups is 1. The van der Waals surface area contributed by atoms with Crippen LogP contribution in [0.25, 0.3) is 0 Å². The van der Waals surface area contributed by atoms with Crippen LogP contribution < -0.4 is 10.6 Å². The fourth-order valence-corrected chi connectivity index (χ4v) is 4.92. The summed E-state index contributed by atoms with van der Waals surface area (Å²) >= 11 is 18.7. The highest BCUT2D eigenvalue weighted by Gasteiger charge is 2.38. The van der Waals surface area contributed by atoms with E-state index in [2.05, 4.69) is 15.6 Å². The minimum atomic E-state index is -1.79. The summed E-state index contributed by atoms with van der Waals surface area (Å²) in [6, 6.07) is -1.18. The molecule has 0 spiro atoms.